The van der Waals surface area contributed by atoms with E-state index in [-0.39, 0.29) is 11.7 Å². The fourth-order valence-electron chi connectivity index (χ4n) is 1.53. The second-order valence-corrected chi connectivity index (χ2v) is 4.01. The van der Waals surface area contributed by atoms with Crippen LogP contribution in [0.3, 0.4) is 0 Å². The summed E-state index contributed by atoms with van der Waals surface area (Å²) in [5.74, 6) is 0.129. The van der Waals surface area contributed by atoms with Crippen LogP contribution in [-0.4, -0.2) is 36.3 Å². The van der Waals surface area contributed by atoms with Crippen LogP contribution in [0.15, 0.2) is 24.4 Å². The van der Waals surface area contributed by atoms with Gasteiger partial charge < -0.3 is 4.90 Å². The number of nitrogens with zero attached hydrogens (tertiary/aromatic N) is 2. The lowest BCUT2D eigenvalue weighted by Gasteiger charge is -2.16. The Kier molecular flexibility index (Phi) is 4.43. The maximum Gasteiger partial charge on any atom is 0.138 e. The lowest BCUT2D eigenvalue weighted by Crippen LogP contribution is -2.19. The number of carbonyl (C=O) groups excluding carboxylic acids is 1. The van der Waals surface area contributed by atoms with Gasteiger partial charge in [-0.2, -0.15) is 0 Å². The summed E-state index contributed by atoms with van der Waals surface area (Å²) >= 11 is 0. The van der Waals surface area contributed by atoms with Gasteiger partial charge in [0.05, 0.1) is 11.6 Å². The molecule has 15 heavy (non-hydrogen) atoms. The van der Waals surface area contributed by atoms with Crippen molar-refractivity contribution in [3.8, 4) is 0 Å². The molecule has 0 radical (unpaired) electrons. The number of pyridine rings is 1. The highest BCUT2D eigenvalue weighted by molar-refractivity contribution is 5.82. The van der Waals surface area contributed by atoms with Gasteiger partial charge in [0.25, 0.3) is 0 Å². The van der Waals surface area contributed by atoms with Gasteiger partial charge in [-0.1, -0.05) is 6.07 Å². The molecule has 0 saturated carbocycles. The first-order valence-electron chi connectivity index (χ1n) is 5.17. The van der Waals surface area contributed by atoms with E-state index in [9.17, 15) is 4.79 Å². The third-order valence-electron chi connectivity index (χ3n) is 2.40. The van der Waals surface area contributed by atoms with Crippen molar-refractivity contribution < 1.29 is 4.79 Å². The molecule has 0 bridgehead atoms. The lowest BCUT2D eigenvalue weighted by molar-refractivity contribution is -0.118. The number of Topliss-reactive ketones (excluding diaryl/α,β-unsaturated/α-hetero) is 1. The number of carbonyl (C=O) groups is 1. The Labute approximate surface area is 91.1 Å². The van der Waals surface area contributed by atoms with Crippen molar-refractivity contribution in [3.63, 3.8) is 0 Å². The zero-order valence-corrected chi connectivity index (χ0v) is 9.60. The smallest absolute Gasteiger partial charge is 0.138 e. The molecule has 1 rings (SSSR count). The molecule has 3 nitrogen and oxygen atoms in total. The minimum absolute atomic E-state index is 0.0615. The predicted molar refractivity (Wildman–Crippen MR) is 60.8 cm³/mol. The zero-order valence-electron chi connectivity index (χ0n) is 9.60. The molecule has 0 N–H and O–H groups in total. The first-order chi connectivity index (χ1) is 7.11. The topological polar surface area (TPSA) is 33.2 Å². The maximum absolute atomic E-state index is 11.5. The third kappa shape index (κ3) is 3.80. The van der Waals surface area contributed by atoms with Crippen LogP contribution in [0.4, 0.5) is 0 Å². The maximum atomic E-state index is 11.5. The molecule has 1 aromatic heterocycles. The average molecular weight is 206 g/mol. The van der Waals surface area contributed by atoms with Crippen molar-refractivity contribution in [1.82, 2.24) is 9.88 Å². The largest absolute Gasteiger partial charge is 0.309 e. The monoisotopic (exact) mass is 206 g/mol. The highest BCUT2D eigenvalue weighted by Gasteiger charge is 2.17. The molecule has 82 valence electrons. The van der Waals surface area contributed by atoms with Crippen molar-refractivity contribution in [2.75, 3.05) is 20.6 Å². The van der Waals surface area contributed by atoms with Gasteiger partial charge in [-0.25, -0.2) is 0 Å². The molecule has 0 saturated heterocycles. The molecule has 0 amide bonds. The molecule has 0 fully saturated rings. The third-order valence-corrected chi connectivity index (χ3v) is 2.40. The second-order valence-electron chi connectivity index (χ2n) is 4.01. The molecular formula is C12H18N2O. The summed E-state index contributed by atoms with van der Waals surface area (Å²) in [7, 11) is 4.02. The highest BCUT2D eigenvalue weighted by Crippen LogP contribution is 2.18. The summed E-state index contributed by atoms with van der Waals surface area (Å²) in [5.41, 5.74) is 0.881. The van der Waals surface area contributed by atoms with E-state index in [0.29, 0.717) is 0 Å². The van der Waals surface area contributed by atoms with Crippen LogP contribution in [0.1, 0.15) is 25.0 Å². The summed E-state index contributed by atoms with van der Waals surface area (Å²) < 4.78 is 0. The van der Waals surface area contributed by atoms with Crippen molar-refractivity contribution in [1.29, 1.82) is 0 Å². The van der Waals surface area contributed by atoms with Crippen molar-refractivity contribution in [3.05, 3.63) is 30.1 Å². The first-order valence-corrected chi connectivity index (χ1v) is 5.17. The molecule has 1 unspecified atom stereocenters. The summed E-state index contributed by atoms with van der Waals surface area (Å²) in [6.45, 7) is 2.54. The molecule has 1 heterocycles. The van der Waals surface area contributed by atoms with Gasteiger partial charge in [-0.15, -0.1) is 0 Å². The van der Waals surface area contributed by atoms with E-state index in [1.165, 1.54) is 0 Å². The Bertz CT molecular complexity index is 309. The molecule has 0 aliphatic rings. The molecule has 0 aliphatic heterocycles. The molecule has 0 aromatic carbocycles. The second kappa shape index (κ2) is 5.61. The quantitative estimate of drug-likeness (QED) is 0.735. The van der Waals surface area contributed by atoms with E-state index < -0.39 is 0 Å². The highest BCUT2D eigenvalue weighted by atomic mass is 16.1. The Hall–Kier alpha value is -1.22. The van der Waals surface area contributed by atoms with Gasteiger partial charge in [-0.05, 0) is 46.1 Å². The standard InChI is InChI=1S/C12H18N2O/c1-10(15)11(7-9-14(2)3)12-6-4-5-8-13-12/h4-6,8,11H,7,9H2,1-3H3. The Morgan fingerprint density at radius 3 is 2.67 bits per heavy atom. The summed E-state index contributed by atoms with van der Waals surface area (Å²) in [5, 5.41) is 0. The molecular weight excluding hydrogens is 188 g/mol. The van der Waals surface area contributed by atoms with E-state index in [1.807, 2.05) is 32.3 Å². The van der Waals surface area contributed by atoms with E-state index in [2.05, 4.69) is 9.88 Å². The van der Waals surface area contributed by atoms with Gasteiger partial charge >= 0.3 is 0 Å². The molecule has 1 aromatic rings. The number of ketones is 1. The minimum atomic E-state index is -0.0615. The minimum Gasteiger partial charge on any atom is -0.309 e. The molecule has 3 heteroatoms. The average Bonchev–Trinajstić information content (AvgIpc) is 2.18. The van der Waals surface area contributed by atoms with E-state index in [4.69, 9.17) is 0 Å². The van der Waals surface area contributed by atoms with Crippen LogP contribution in [0, 0.1) is 0 Å². The zero-order chi connectivity index (χ0) is 11.3. The van der Waals surface area contributed by atoms with Crippen LogP contribution < -0.4 is 0 Å². The van der Waals surface area contributed by atoms with Crippen LogP contribution >= 0.6 is 0 Å². The molecule has 0 spiro atoms. The van der Waals surface area contributed by atoms with Crippen LogP contribution in [0.5, 0.6) is 0 Å². The lowest BCUT2D eigenvalue weighted by atomic mass is 9.96. The van der Waals surface area contributed by atoms with Gasteiger partial charge in [0.15, 0.2) is 0 Å². The van der Waals surface area contributed by atoms with Crippen molar-refractivity contribution in [2.45, 2.75) is 19.3 Å². The van der Waals surface area contributed by atoms with E-state index in [1.54, 1.807) is 13.1 Å². The van der Waals surface area contributed by atoms with Gasteiger partial charge in [0.2, 0.25) is 0 Å². The van der Waals surface area contributed by atoms with Crippen LogP contribution in [0.2, 0.25) is 0 Å². The van der Waals surface area contributed by atoms with Gasteiger partial charge in [0, 0.05) is 6.20 Å². The molecule has 1 atom stereocenters. The normalized spacial score (nSPS) is 12.8. The van der Waals surface area contributed by atoms with Gasteiger partial charge in [-0.3, -0.25) is 9.78 Å². The Balaban J connectivity index is 2.71. The number of hydrogen-bond donors (Lipinski definition) is 0. The summed E-state index contributed by atoms with van der Waals surface area (Å²) in [6.07, 6.45) is 2.57. The van der Waals surface area contributed by atoms with Gasteiger partial charge in [0.1, 0.15) is 5.78 Å². The van der Waals surface area contributed by atoms with Crippen molar-refractivity contribution >= 4 is 5.78 Å². The molecule has 0 aliphatic carbocycles. The Morgan fingerprint density at radius 1 is 1.47 bits per heavy atom. The van der Waals surface area contributed by atoms with E-state index >= 15 is 0 Å². The fourth-order valence-corrected chi connectivity index (χ4v) is 1.53. The first kappa shape index (κ1) is 11.9. The predicted octanol–water partition coefficient (Wildman–Crippen LogP) is 1.71. The van der Waals surface area contributed by atoms with Crippen LogP contribution in [0.25, 0.3) is 0 Å². The number of hydrogen-bond acceptors (Lipinski definition) is 3. The SMILES string of the molecule is CC(=O)C(CCN(C)C)c1ccccn1. The number of aromatic nitrogens is 1. The van der Waals surface area contributed by atoms with E-state index in [0.717, 1.165) is 18.7 Å². The van der Waals surface area contributed by atoms with Crippen molar-refractivity contribution in [2.24, 2.45) is 0 Å². The summed E-state index contributed by atoms with van der Waals surface area (Å²) in [4.78, 5) is 17.8. The van der Waals surface area contributed by atoms with Crippen LogP contribution in [-0.2, 0) is 4.79 Å². The summed E-state index contributed by atoms with van der Waals surface area (Å²) in [6, 6.07) is 5.71. The fraction of sp³-hybridized carbons (Fsp3) is 0.500. The number of rotatable bonds is 5. The Morgan fingerprint density at radius 2 is 2.20 bits per heavy atom.